The highest BCUT2D eigenvalue weighted by atomic mass is 32.2. The van der Waals surface area contributed by atoms with Crippen molar-refractivity contribution in [2.75, 3.05) is 22.5 Å². The maximum Gasteiger partial charge on any atom is 0.229 e. The number of rotatable bonds is 12. The molecule has 1 fully saturated rings. The number of sulfonamides is 1. The van der Waals surface area contributed by atoms with Crippen LogP contribution in [0.1, 0.15) is 58.3 Å². The summed E-state index contributed by atoms with van der Waals surface area (Å²) in [6, 6.07) is 31.0. The zero-order valence-corrected chi connectivity index (χ0v) is 25.1. The van der Waals surface area contributed by atoms with E-state index in [9.17, 15) is 13.2 Å². The van der Waals surface area contributed by atoms with Crippen molar-refractivity contribution < 1.29 is 17.9 Å². The molecule has 1 aliphatic rings. The SMILES string of the molecule is Cc1c(NS(C)(=O)=O)cccc1N(Cc1ccccc1)Cc1ccc(C(=O)c2cccc(OCC3CCCC3)c2)cc1. The molecule has 42 heavy (non-hydrogen) atoms. The Morgan fingerprint density at radius 3 is 2.19 bits per heavy atom. The second-order valence-corrected chi connectivity index (χ2v) is 12.9. The maximum atomic E-state index is 13.3. The molecule has 1 saturated carbocycles. The molecular weight excluding hydrogens is 544 g/mol. The maximum absolute atomic E-state index is 13.3. The van der Waals surface area contributed by atoms with E-state index in [0.717, 1.165) is 34.4 Å². The number of hydrogen-bond donors (Lipinski definition) is 1. The van der Waals surface area contributed by atoms with E-state index in [0.29, 0.717) is 42.4 Å². The van der Waals surface area contributed by atoms with Gasteiger partial charge >= 0.3 is 0 Å². The Morgan fingerprint density at radius 1 is 0.833 bits per heavy atom. The predicted molar refractivity (Wildman–Crippen MR) is 170 cm³/mol. The Morgan fingerprint density at radius 2 is 1.50 bits per heavy atom. The van der Waals surface area contributed by atoms with Gasteiger partial charge in [0.15, 0.2) is 5.78 Å². The summed E-state index contributed by atoms with van der Waals surface area (Å²) in [4.78, 5) is 15.6. The number of nitrogens with zero attached hydrogens (tertiary/aromatic N) is 1. The van der Waals surface area contributed by atoms with Crippen molar-refractivity contribution in [2.24, 2.45) is 5.92 Å². The van der Waals surface area contributed by atoms with E-state index in [1.807, 2.05) is 85.8 Å². The third kappa shape index (κ3) is 7.79. The van der Waals surface area contributed by atoms with Gasteiger partial charge in [0.2, 0.25) is 10.0 Å². The zero-order chi connectivity index (χ0) is 29.5. The first-order valence-corrected chi connectivity index (χ1v) is 16.4. The van der Waals surface area contributed by atoms with Crippen LogP contribution < -0.4 is 14.4 Å². The standard InChI is InChI=1S/C35H38N2O4S/c1-26-33(36-42(2,39)40)16-9-17-34(26)37(23-27-10-4-3-5-11-27)24-28-18-20-30(21-19-28)35(38)31-14-8-15-32(22-31)41-25-29-12-6-7-13-29/h3-5,8-11,14-22,29,36H,6-7,12-13,23-25H2,1-2H3. The third-order valence-electron chi connectivity index (χ3n) is 7.80. The molecular formula is C35H38N2O4S. The van der Waals surface area contributed by atoms with Gasteiger partial charge in [-0.3, -0.25) is 9.52 Å². The predicted octanol–water partition coefficient (Wildman–Crippen LogP) is 7.37. The number of ether oxygens (including phenoxy) is 1. The minimum absolute atomic E-state index is 0.0376. The highest BCUT2D eigenvalue weighted by Gasteiger charge is 2.18. The van der Waals surface area contributed by atoms with Gasteiger partial charge in [0.25, 0.3) is 0 Å². The van der Waals surface area contributed by atoms with Gasteiger partial charge in [0.1, 0.15) is 5.75 Å². The summed E-state index contributed by atoms with van der Waals surface area (Å²) in [7, 11) is -3.41. The highest BCUT2D eigenvalue weighted by Crippen LogP contribution is 2.30. The number of benzene rings is 4. The molecule has 7 heteroatoms. The van der Waals surface area contributed by atoms with E-state index in [-0.39, 0.29) is 5.78 Å². The lowest BCUT2D eigenvalue weighted by Gasteiger charge is -2.28. The molecule has 0 heterocycles. The van der Waals surface area contributed by atoms with Crippen LogP contribution in [0.2, 0.25) is 0 Å². The quantitative estimate of drug-likeness (QED) is 0.177. The van der Waals surface area contributed by atoms with E-state index in [2.05, 4.69) is 21.8 Å². The molecule has 0 atom stereocenters. The van der Waals surface area contributed by atoms with Crippen LogP contribution in [0.4, 0.5) is 11.4 Å². The Balaban J connectivity index is 1.34. The molecule has 0 aromatic heterocycles. The first-order valence-electron chi connectivity index (χ1n) is 14.5. The summed E-state index contributed by atoms with van der Waals surface area (Å²) in [5.74, 6) is 1.31. The van der Waals surface area contributed by atoms with E-state index >= 15 is 0 Å². The molecule has 0 bridgehead atoms. The van der Waals surface area contributed by atoms with Gasteiger partial charge in [-0.15, -0.1) is 0 Å². The molecule has 6 nitrogen and oxygen atoms in total. The molecule has 0 amide bonds. The molecule has 0 radical (unpaired) electrons. The molecule has 4 aromatic rings. The molecule has 218 valence electrons. The van der Waals surface area contributed by atoms with Crippen molar-refractivity contribution in [3.63, 3.8) is 0 Å². The van der Waals surface area contributed by atoms with Gasteiger partial charge in [0, 0.05) is 29.9 Å². The van der Waals surface area contributed by atoms with Crippen LogP contribution in [-0.2, 0) is 23.1 Å². The van der Waals surface area contributed by atoms with Gasteiger partial charge in [-0.05, 0) is 66.6 Å². The third-order valence-corrected chi connectivity index (χ3v) is 8.39. The fraction of sp³-hybridized carbons (Fsp3) is 0.286. The zero-order valence-electron chi connectivity index (χ0n) is 24.3. The van der Waals surface area contributed by atoms with Crippen LogP contribution >= 0.6 is 0 Å². The fourth-order valence-electron chi connectivity index (χ4n) is 5.57. The Labute approximate surface area is 249 Å². The number of nitrogens with one attached hydrogen (secondary N) is 1. The lowest BCUT2D eigenvalue weighted by atomic mass is 10.0. The van der Waals surface area contributed by atoms with Gasteiger partial charge in [-0.1, -0.05) is 85.6 Å². The average molecular weight is 583 g/mol. The smallest absolute Gasteiger partial charge is 0.229 e. The number of carbonyl (C=O) groups is 1. The Kier molecular flexibility index (Phi) is 9.28. The summed E-state index contributed by atoms with van der Waals surface area (Å²) >= 11 is 0. The van der Waals surface area contributed by atoms with Crippen molar-refractivity contribution >= 4 is 27.2 Å². The molecule has 0 saturated heterocycles. The number of ketones is 1. The number of hydrogen-bond acceptors (Lipinski definition) is 5. The van der Waals surface area contributed by atoms with Gasteiger partial charge in [-0.25, -0.2) is 8.42 Å². The second kappa shape index (κ2) is 13.3. The van der Waals surface area contributed by atoms with Crippen LogP contribution in [0.3, 0.4) is 0 Å². The summed E-state index contributed by atoms with van der Waals surface area (Å²) in [6.07, 6.45) is 6.15. The first-order chi connectivity index (χ1) is 20.2. The molecule has 4 aromatic carbocycles. The van der Waals surface area contributed by atoms with E-state index < -0.39 is 10.0 Å². The topological polar surface area (TPSA) is 75.7 Å². The summed E-state index contributed by atoms with van der Waals surface area (Å²) < 4.78 is 32.6. The van der Waals surface area contributed by atoms with Crippen LogP contribution in [0.25, 0.3) is 0 Å². The molecule has 0 spiro atoms. The monoisotopic (exact) mass is 582 g/mol. The van der Waals surface area contributed by atoms with Crippen LogP contribution in [0, 0.1) is 12.8 Å². The molecule has 5 rings (SSSR count). The molecule has 1 N–H and O–H groups in total. The van der Waals surface area contributed by atoms with Gasteiger partial charge in [0.05, 0.1) is 18.6 Å². The fourth-order valence-corrected chi connectivity index (χ4v) is 6.19. The van der Waals surface area contributed by atoms with Crippen LogP contribution in [-0.4, -0.2) is 27.1 Å². The number of anilines is 2. The second-order valence-electron chi connectivity index (χ2n) is 11.2. The van der Waals surface area contributed by atoms with Crippen LogP contribution in [0.5, 0.6) is 5.75 Å². The lowest BCUT2D eigenvalue weighted by molar-refractivity contribution is 0.103. The minimum atomic E-state index is -3.41. The molecule has 0 unspecified atom stereocenters. The van der Waals surface area contributed by atoms with Crippen molar-refractivity contribution in [1.82, 2.24) is 0 Å². The Hall–Kier alpha value is -4.10. The normalized spacial score (nSPS) is 13.6. The van der Waals surface area contributed by atoms with Crippen LogP contribution in [0.15, 0.2) is 97.1 Å². The first kappa shape index (κ1) is 29.4. The summed E-state index contributed by atoms with van der Waals surface area (Å²) in [6.45, 7) is 3.85. The highest BCUT2D eigenvalue weighted by molar-refractivity contribution is 7.92. The minimum Gasteiger partial charge on any atom is -0.493 e. The average Bonchev–Trinajstić information content (AvgIpc) is 3.51. The summed E-state index contributed by atoms with van der Waals surface area (Å²) in [5, 5.41) is 0. The lowest BCUT2D eigenvalue weighted by Crippen LogP contribution is -2.23. The van der Waals surface area contributed by atoms with Crippen molar-refractivity contribution in [3.8, 4) is 5.75 Å². The van der Waals surface area contributed by atoms with Crippen molar-refractivity contribution in [2.45, 2.75) is 45.7 Å². The van der Waals surface area contributed by atoms with E-state index in [1.54, 1.807) is 6.07 Å². The van der Waals surface area contributed by atoms with Crippen molar-refractivity contribution in [3.05, 3.63) is 125 Å². The van der Waals surface area contributed by atoms with Crippen molar-refractivity contribution in [1.29, 1.82) is 0 Å². The largest absolute Gasteiger partial charge is 0.493 e. The van der Waals surface area contributed by atoms with E-state index in [1.165, 1.54) is 25.7 Å². The molecule has 0 aliphatic heterocycles. The Bertz CT molecular complexity index is 1610. The number of carbonyl (C=O) groups excluding carboxylic acids is 1. The van der Waals surface area contributed by atoms with E-state index in [4.69, 9.17) is 4.74 Å². The van der Waals surface area contributed by atoms with Gasteiger partial charge in [-0.2, -0.15) is 0 Å². The van der Waals surface area contributed by atoms with Gasteiger partial charge < -0.3 is 9.64 Å². The summed E-state index contributed by atoms with van der Waals surface area (Å²) in [5.41, 5.74) is 5.75. The molecule has 1 aliphatic carbocycles.